The molecule has 1 N–H and O–H groups in total. The van der Waals surface area contributed by atoms with Gasteiger partial charge in [-0.05, 0) is 49.4 Å². The molecule has 3 heteroatoms. The van der Waals surface area contributed by atoms with Crippen LogP contribution in [0.15, 0.2) is 24.3 Å². The van der Waals surface area contributed by atoms with Gasteiger partial charge < -0.3 is 14.7 Å². The average molecular weight is 305 g/mol. The summed E-state index contributed by atoms with van der Waals surface area (Å²) < 4.78 is 5.81. The Morgan fingerprint density at radius 1 is 1.36 bits per heavy atom. The normalized spacial score (nSPS) is 23.0. The van der Waals surface area contributed by atoms with Crippen LogP contribution in [-0.4, -0.2) is 42.4 Å². The van der Waals surface area contributed by atoms with Crippen molar-refractivity contribution in [2.75, 3.05) is 26.2 Å². The van der Waals surface area contributed by atoms with Crippen molar-refractivity contribution >= 4 is 0 Å². The maximum Gasteiger partial charge on any atom is 0.119 e. The maximum absolute atomic E-state index is 10.3. The number of hydrogen-bond donors (Lipinski definition) is 1. The third kappa shape index (κ3) is 5.29. The lowest BCUT2D eigenvalue weighted by molar-refractivity contribution is 0.0270. The van der Waals surface area contributed by atoms with Crippen LogP contribution in [0.5, 0.6) is 5.75 Å². The van der Waals surface area contributed by atoms with Crippen LogP contribution in [0.1, 0.15) is 39.2 Å². The fourth-order valence-corrected chi connectivity index (χ4v) is 3.14. The molecule has 0 bridgehead atoms. The van der Waals surface area contributed by atoms with Crippen molar-refractivity contribution in [2.45, 2.75) is 46.1 Å². The van der Waals surface area contributed by atoms with Crippen molar-refractivity contribution in [3.05, 3.63) is 29.8 Å². The van der Waals surface area contributed by atoms with E-state index < -0.39 is 0 Å². The van der Waals surface area contributed by atoms with Gasteiger partial charge in [0.2, 0.25) is 0 Å². The lowest BCUT2D eigenvalue weighted by atomic mass is 9.88. The van der Waals surface area contributed by atoms with Gasteiger partial charge in [0.25, 0.3) is 0 Å². The van der Waals surface area contributed by atoms with Gasteiger partial charge in [-0.3, -0.25) is 0 Å². The fourth-order valence-electron chi connectivity index (χ4n) is 3.14. The van der Waals surface area contributed by atoms with Gasteiger partial charge in [-0.25, -0.2) is 0 Å². The predicted molar refractivity (Wildman–Crippen MR) is 91.3 cm³/mol. The first-order valence-electron chi connectivity index (χ1n) is 8.70. The van der Waals surface area contributed by atoms with E-state index >= 15 is 0 Å². The summed E-state index contributed by atoms with van der Waals surface area (Å²) in [7, 11) is 0. The molecule has 0 aliphatic carbocycles. The molecule has 1 aliphatic heterocycles. The molecule has 1 heterocycles. The van der Waals surface area contributed by atoms with E-state index in [1.807, 2.05) is 6.07 Å². The molecule has 1 saturated heterocycles. The zero-order valence-corrected chi connectivity index (χ0v) is 14.3. The highest BCUT2D eigenvalue weighted by Gasteiger charge is 2.27. The second kappa shape index (κ2) is 8.54. The van der Waals surface area contributed by atoms with E-state index in [0.29, 0.717) is 11.8 Å². The predicted octanol–water partition coefficient (Wildman–Crippen LogP) is 3.36. The molecule has 0 spiro atoms. The van der Waals surface area contributed by atoms with E-state index in [1.165, 1.54) is 12.0 Å². The third-order valence-electron chi connectivity index (χ3n) is 4.30. The number of nitrogens with zero attached hydrogens (tertiary/aromatic N) is 1. The van der Waals surface area contributed by atoms with Gasteiger partial charge in [-0.2, -0.15) is 0 Å². The lowest BCUT2D eigenvalue weighted by Gasteiger charge is -2.36. The molecular weight excluding hydrogens is 274 g/mol. The van der Waals surface area contributed by atoms with Crippen molar-refractivity contribution < 1.29 is 9.84 Å². The van der Waals surface area contributed by atoms with Crippen molar-refractivity contribution in [3.63, 3.8) is 0 Å². The van der Waals surface area contributed by atoms with Crippen molar-refractivity contribution in [3.8, 4) is 5.75 Å². The van der Waals surface area contributed by atoms with Gasteiger partial charge in [0, 0.05) is 19.0 Å². The molecule has 1 fully saturated rings. The SMILES string of the molecule is CCCN1CCC(O)C(Cc2cccc(OCC(C)C)c2)C1. The molecule has 0 amide bonds. The van der Waals surface area contributed by atoms with E-state index in [9.17, 15) is 5.11 Å². The number of piperidine rings is 1. The molecule has 124 valence electrons. The Bertz CT molecular complexity index is 447. The maximum atomic E-state index is 10.3. The van der Waals surface area contributed by atoms with Gasteiger partial charge in [-0.1, -0.05) is 32.9 Å². The molecule has 0 radical (unpaired) electrons. The monoisotopic (exact) mass is 305 g/mol. The van der Waals surface area contributed by atoms with Crippen LogP contribution in [0.25, 0.3) is 0 Å². The molecule has 2 rings (SSSR count). The van der Waals surface area contributed by atoms with E-state index in [0.717, 1.165) is 44.8 Å². The first kappa shape index (κ1) is 17.3. The van der Waals surface area contributed by atoms with Gasteiger partial charge in [0.15, 0.2) is 0 Å². The number of aliphatic hydroxyl groups is 1. The van der Waals surface area contributed by atoms with Crippen LogP contribution in [0.3, 0.4) is 0 Å². The second-order valence-electron chi connectivity index (χ2n) is 6.97. The molecule has 22 heavy (non-hydrogen) atoms. The van der Waals surface area contributed by atoms with Crippen molar-refractivity contribution in [1.82, 2.24) is 4.90 Å². The molecule has 2 atom stereocenters. The zero-order valence-electron chi connectivity index (χ0n) is 14.3. The first-order valence-corrected chi connectivity index (χ1v) is 8.70. The Hall–Kier alpha value is -1.06. The highest BCUT2D eigenvalue weighted by Crippen LogP contribution is 2.23. The summed E-state index contributed by atoms with van der Waals surface area (Å²) in [6, 6.07) is 8.36. The molecular formula is C19H31NO2. The number of benzene rings is 1. The van der Waals surface area contributed by atoms with Crippen LogP contribution in [-0.2, 0) is 6.42 Å². The lowest BCUT2D eigenvalue weighted by Crippen LogP contribution is -2.44. The molecule has 3 nitrogen and oxygen atoms in total. The largest absolute Gasteiger partial charge is 0.493 e. The van der Waals surface area contributed by atoms with Crippen LogP contribution in [0.4, 0.5) is 0 Å². The molecule has 1 aromatic rings. The highest BCUT2D eigenvalue weighted by atomic mass is 16.5. The van der Waals surface area contributed by atoms with Gasteiger partial charge >= 0.3 is 0 Å². The van der Waals surface area contributed by atoms with Crippen molar-refractivity contribution in [2.24, 2.45) is 11.8 Å². The number of aliphatic hydroxyl groups excluding tert-OH is 1. The number of hydrogen-bond acceptors (Lipinski definition) is 3. The summed E-state index contributed by atoms with van der Waals surface area (Å²) in [4.78, 5) is 2.48. The van der Waals surface area contributed by atoms with Gasteiger partial charge in [0.05, 0.1) is 12.7 Å². The molecule has 1 aliphatic rings. The van der Waals surface area contributed by atoms with E-state index in [2.05, 4.69) is 43.9 Å². The number of likely N-dealkylation sites (tertiary alicyclic amines) is 1. The number of rotatable bonds is 7. The first-order chi connectivity index (χ1) is 10.6. The van der Waals surface area contributed by atoms with Crippen molar-refractivity contribution in [1.29, 1.82) is 0 Å². The number of ether oxygens (including phenoxy) is 1. The zero-order chi connectivity index (χ0) is 15.9. The minimum Gasteiger partial charge on any atom is -0.493 e. The minimum absolute atomic E-state index is 0.173. The molecule has 1 aromatic carbocycles. The summed E-state index contributed by atoms with van der Waals surface area (Å²) in [6.07, 6.45) is 2.84. The van der Waals surface area contributed by atoms with E-state index in [-0.39, 0.29) is 6.10 Å². The van der Waals surface area contributed by atoms with Crippen LogP contribution in [0, 0.1) is 11.8 Å². The Morgan fingerprint density at radius 2 is 2.18 bits per heavy atom. The van der Waals surface area contributed by atoms with Crippen LogP contribution >= 0.6 is 0 Å². The summed E-state index contributed by atoms with van der Waals surface area (Å²) in [5.74, 6) is 1.81. The summed E-state index contributed by atoms with van der Waals surface area (Å²) in [6.45, 7) is 10.5. The quantitative estimate of drug-likeness (QED) is 0.838. The fraction of sp³-hybridized carbons (Fsp3) is 0.684. The third-order valence-corrected chi connectivity index (χ3v) is 4.30. The summed E-state index contributed by atoms with van der Waals surface area (Å²) in [5.41, 5.74) is 1.27. The Labute approximate surface area is 135 Å². The average Bonchev–Trinajstić information content (AvgIpc) is 2.49. The summed E-state index contributed by atoms with van der Waals surface area (Å²) in [5, 5.41) is 10.3. The molecule has 0 saturated carbocycles. The Kier molecular flexibility index (Phi) is 6.71. The Balaban J connectivity index is 1.95. The second-order valence-corrected chi connectivity index (χ2v) is 6.97. The van der Waals surface area contributed by atoms with E-state index in [1.54, 1.807) is 0 Å². The van der Waals surface area contributed by atoms with Crippen LogP contribution in [0.2, 0.25) is 0 Å². The standard InChI is InChI=1S/C19H31NO2/c1-4-9-20-10-8-19(21)17(13-20)11-16-6-5-7-18(12-16)22-14-15(2)3/h5-7,12,15,17,19,21H,4,8-11,13-14H2,1-3H3. The van der Waals surface area contributed by atoms with Gasteiger partial charge in [0.1, 0.15) is 5.75 Å². The topological polar surface area (TPSA) is 32.7 Å². The molecule has 2 unspecified atom stereocenters. The minimum atomic E-state index is -0.173. The molecule has 0 aromatic heterocycles. The summed E-state index contributed by atoms with van der Waals surface area (Å²) >= 11 is 0. The van der Waals surface area contributed by atoms with Gasteiger partial charge in [-0.15, -0.1) is 0 Å². The van der Waals surface area contributed by atoms with E-state index in [4.69, 9.17) is 4.74 Å². The Morgan fingerprint density at radius 3 is 2.91 bits per heavy atom. The van der Waals surface area contributed by atoms with Crippen LogP contribution < -0.4 is 4.74 Å². The smallest absolute Gasteiger partial charge is 0.119 e. The highest BCUT2D eigenvalue weighted by molar-refractivity contribution is 5.29.